The fourth-order valence-corrected chi connectivity index (χ4v) is 4.78. The predicted molar refractivity (Wildman–Crippen MR) is 411 cm³/mol. The van der Waals surface area contributed by atoms with Crippen molar-refractivity contribution in [2.75, 3.05) is 0 Å². The van der Waals surface area contributed by atoms with E-state index in [0.717, 1.165) is 11.5 Å². The van der Waals surface area contributed by atoms with Gasteiger partial charge in [0.25, 0.3) is 0 Å². The molecule has 92 heavy (non-hydrogen) atoms. The third kappa shape index (κ3) is 101. The summed E-state index contributed by atoms with van der Waals surface area (Å²) in [6.07, 6.45) is 32.3. The highest BCUT2D eigenvalue weighted by molar-refractivity contribution is 7.09. The van der Waals surface area contributed by atoms with Gasteiger partial charge in [-0.1, -0.05) is 206 Å². The normalized spacial score (nSPS) is 7.40. The molecule has 0 spiro atoms. The SMILES string of the molecule is CC.CC.CC.CC.CC.CC.CC.CC.CC.CC.CC.Cc1ccccc1.Cc1ccccn1.Cc1cccnc1.Cc1ccco1.Cc1cccs1.Cc1ccncc1.Cn1cccc1.Cn1cccn1.Cn1ccnc1.Cn1ccnc1.Cn1cnnc1. The molecule has 0 saturated heterocycles. The third-order valence-corrected chi connectivity index (χ3v) is 8.74. The molecule has 0 saturated carbocycles. The first kappa shape index (κ1) is 108. The first-order valence-electron chi connectivity index (χ1n) is 33.1. The lowest BCUT2D eigenvalue weighted by Crippen LogP contribution is -1.83. The van der Waals surface area contributed by atoms with E-state index in [1.54, 1.807) is 95.5 Å². The Balaban J connectivity index is -0.0000000846. The van der Waals surface area contributed by atoms with Gasteiger partial charge >= 0.3 is 0 Å². The molecule has 14 nitrogen and oxygen atoms in total. The van der Waals surface area contributed by atoms with E-state index in [-0.39, 0.29) is 0 Å². The first-order valence-corrected chi connectivity index (χ1v) is 34.0. The average Bonchev–Trinajstić information content (AvgIpc) is 4.60. The van der Waals surface area contributed by atoms with Gasteiger partial charge in [-0.2, -0.15) is 5.10 Å². The second-order valence-corrected chi connectivity index (χ2v) is 15.9. The highest BCUT2D eigenvalue weighted by Crippen LogP contribution is 2.03. The van der Waals surface area contributed by atoms with Crippen LogP contribution in [-0.2, 0) is 35.2 Å². The average molecular weight is 1290 g/mol. The van der Waals surface area contributed by atoms with Crippen LogP contribution in [0.2, 0.25) is 0 Å². The van der Waals surface area contributed by atoms with Gasteiger partial charge in [-0.3, -0.25) is 19.6 Å². The number of nitrogens with zero attached hydrogens (tertiary/aromatic N) is 13. The number of imidazole rings is 2. The molecule has 522 valence electrons. The molecule has 0 amide bonds. The van der Waals surface area contributed by atoms with E-state index in [2.05, 4.69) is 83.7 Å². The maximum atomic E-state index is 4.83. The van der Waals surface area contributed by atoms with Crippen LogP contribution < -0.4 is 0 Å². The van der Waals surface area contributed by atoms with Crippen LogP contribution in [0.15, 0.2) is 237 Å². The lowest BCUT2D eigenvalue weighted by Gasteiger charge is -1.82. The fraction of sp³-hybridized carbons (Fsp3) is 0.429. The van der Waals surface area contributed by atoms with Gasteiger partial charge in [-0.05, 0) is 125 Å². The zero-order valence-electron chi connectivity index (χ0n) is 64.6. The minimum Gasteiger partial charge on any atom is -0.470 e. The molecule has 11 aromatic rings. The Morgan fingerprint density at radius 3 is 0.946 bits per heavy atom. The van der Waals surface area contributed by atoms with E-state index in [0.29, 0.717) is 0 Å². The van der Waals surface area contributed by atoms with Crippen molar-refractivity contribution in [3.63, 3.8) is 0 Å². The largest absolute Gasteiger partial charge is 0.470 e. The van der Waals surface area contributed by atoms with Gasteiger partial charge in [0.15, 0.2) is 0 Å². The molecular formula is C77H137N13OS. The van der Waals surface area contributed by atoms with E-state index in [9.17, 15) is 0 Å². The first-order chi connectivity index (χ1) is 44.8. The number of aromatic nitrogens is 13. The summed E-state index contributed by atoms with van der Waals surface area (Å²) in [5.41, 5.74) is 4.86. The molecule has 0 bridgehead atoms. The summed E-state index contributed by atoms with van der Waals surface area (Å²) < 4.78 is 14.1. The van der Waals surface area contributed by atoms with Crippen molar-refractivity contribution in [3.05, 3.63) is 266 Å². The fourth-order valence-electron chi connectivity index (χ4n) is 4.25. The number of hydrogen-bond acceptors (Lipinski definition) is 10. The summed E-state index contributed by atoms with van der Waals surface area (Å²) in [6, 6.07) is 37.8. The molecule has 10 heterocycles. The topological polar surface area (TPSA) is 141 Å². The van der Waals surface area contributed by atoms with Gasteiger partial charge in [-0.15, -0.1) is 21.5 Å². The molecule has 0 aliphatic heterocycles. The van der Waals surface area contributed by atoms with Crippen LogP contribution in [-0.4, -0.2) is 63.2 Å². The summed E-state index contributed by atoms with van der Waals surface area (Å²) in [4.78, 5) is 20.7. The Morgan fingerprint density at radius 1 is 0.326 bits per heavy atom. The Bertz CT molecular complexity index is 2150. The minimum atomic E-state index is 0.968. The van der Waals surface area contributed by atoms with Gasteiger partial charge in [0, 0.05) is 126 Å². The number of rotatable bonds is 0. The molecule has 0 fully saturated rings. The quantitative estimate of drug-likeness (QED) is 0.145. The lowest BCUT2D eigenvalue weighted by atomic mass is 10.2. The van der Waals surface area contributed by atoms with Crippen molar-refractivity contribution in [3.8, 4) is 0 Å². The molecule has 0 radical (unpaired) electrons. The zero-order chi connectivity index (χ0) is 73.3. The van der Waals surface area contributed by atoms with Crippen molar-refractivity contribution in [1.82, 2.24) is 63.2 Å². The van der Waals surface area contributed by atoms with Crippen molar-refractivity contribution in [2.24, 2.45) is 35.2 Å². The summed E-state index contributed by atoms with van der Waals surface area (Å²) in [7, 11) is 9.64. The van der Waals surface area contributed by atoms with Crippen LogP contribution in [0.1, 0.15) is 185 Å². The maximum Gasteiger partial charge on any atom is 0.119 e. The van der Waals surface area contributed by atoms with Crippen LogP contribution in [0.25, 0.3) is 0 Å². The van der Waals surface area contributed by atoms with Crippen molar-refractivity contribution < 1.29 is 4.42 Å². The smallest absolute Gasteiger partial charge is 0.119 e. The van der Waals surface area contributed by atoms with Crippen molar-refractivity contribution >= 4 is 11.3 Å². The number of aryl methyl sites for hydroxylation is 11. The molecule has 0 aliphatic carbocycles. The number of furan rings is 1. The molecule has 15 heteroatoms. The maximum absolute atomic E-state index is 4.83. The Labute approximate surface area is 570 Å². The minimum absolute atomic E-state index is 0.968. The van der Waals surface area contributed by atoms with Gasteiger partial charge in [0.1, 0.15) is 18.4 Å². The zero-order valence-corrected chi connectivity index (χ0v) is 65.4. The van der Waals surface area contributed by atoms with Crippen LogP contribution in [0, 0.1) is 41.5 Å². The number of benzene rings is 1. The molecule has 0 aliphatic rings. The van der Waals surface area contributed by atoms with E-state index >= 15 is 0 Å². The molecule has 11 rings (SSSR count). The highest BCUT2D eigenvalue weighted by atomic mass is 32.1. The molecule has 0 N–H and O–H groups in total. The van der Waals surface area contributed by atoms with Crippen molar-refractivity contribution in [1.29, 1.82) is 0 Å². The number of pyridine rings is 3. The second kappa shape index (κ2) is 104. The molecule has 1 aromatic carbocycles. The Kier molecular flexibility index (Phi) is 123. The summed E-state index contributed by atoms with van der Waals surface area (Å²) in [5, 5.41) is 13.0. The number of thiophene rings is 1. The van der Waals surface area contributed by atoms with Gasteiger partial charge < -0.3 is 22.7 Å². The third-order valence-electron chi connectivity index (χ3n) is 7.93. The standard InChI is InChI=1S/C7H8.3C6H7N.C5H7N.C5H6O.C5H6S.3C4H6N2.C3H5N3.11C2H6/c1-7-5-3-2-4-6-7;1-6-2-4-7-5-3-6;1-6-3-2-4-7-5-6;1-6-4-2-3-5-7-6;1-6-4-2-3-5-6;2*1-5-3-2-4-6-5;2*1-6-3-2-5-4-6;1-6-4-2-3-5-6;1-6-2-4-5-3-6;11*1-2/h2-6H,1H3;3*2-5H,1H3;2-5H,1H3;5*2-4H,1H3;2-3H,1H3;11*1-2H3. The molecule has 0 atom stereocenters. The van der Waals surface area contributed by atoms with E-state index < -0.39 is 0 Å². The Hall–Kier alpha value is -8.30. The monoisotopic (exact) mass is 1290 g/mol. The van der Waals surface area contributed by atoms with Gasteiger partial charge in [0.05, 0.1) is 18.9 Å². The summed E-state index contributed by atoms with van der Waals surface area (Å²) >= 11 is 1.78. The van der Waals surface area contributed by atoms with Crippen LogP contribution in [0.5, 0.6) is 0 Å². The highest BCUT2D eigenvalue weighted by Gasteiger charge is 1.78. The van der Waals surface area contributed by atoms with Crippen LogP contribution in [0.3, 0.4) is 0 Å². The molecule has 10 aromatic heterocycles. The second-order valence-electron chi connectivity index (χ2n) is 14.7. The van der Waals surface area contributed by atoms with E-state index in [1.807, 2.05) is 357 Å². The summed E-state index contributed by atoms with van der Waals surface area (Å²) in [5.74, 6) is 0.968. The van der Waals surface area contributed by atoms with E-state index in [4.69, 9.17) is 4.42 Å². The van der Waals surface area contributed by atoms with Crippen molar-refractivity contribution in [2.45, 2.75) is 194 Å². The number of hydrogen-bond donors (Lipinski definition) is 0. The predicted octanol–water partition coefficient (Wildman–Crippen LogP) is 23.2. The van der Waals surface area contributed by atoms with E-state index in [1.165, 1.54) is 21.6 Å². The van der Waals surface area contributed by atoms with Crippen LogP contribution in [0.4, 0.5) is 0 Å². The lowest BCUT2D eigenvalue weighted by molar-refractivity contribution is 0.534. The van der Waals surface area contributed by atoms with Crippen LogP contribution >= 0.6 is 11.3 Å². The van der Waals surface area contributed by atoms with Gasteiger partial charge in [0.2, 0.25) is 0 Å². The van der Waals surface area contributed by atoms with Gasteiger partial charge in [-0.25, -0.2) is 9.97 Å². The summed E-state index contributed by atoms with van der Waals surface area (Å²) in [6.45, 7) is 56.1. The molecule has 0 unspecified atom stereocenters. The Morgan fingerprint density at radius 2 is 0.793 bits per heavy atom. The molecular weight excluding hydrogens is 1160 g/mol.